The van der Waals surface area contributed by atoms with Gasteiger partial charge in [0.1, 0.15) is 0 Å². The maximum Gasteiger partial charge on any atom is 0.0613 e. The van der Waals surface area contributed by atoms with Crippen molar-refractivity contribution in [3.05, 3.63) is 22.4 Å². The Morgan fingerprint density at radius 3 is 2.85 bits per heavy atom. The summed E-state index contributed by atoms with van der Waals surface area (Å²) in [5, 5.41) is 11.9. The summed E-state index contributed by atoms with van der Waals surface area (Å²) in [7, 11) is 0. The zero-order chi connectivity index (χ0) is 9.68. The molecule has 1 heterocycles. The van der Waals surface area contributed by atoms with E-state index >= 15 is 0 Å². The Balaban J connectivity index is 2.36. The van der Waals surface area contributed by atoms with Gasteiger partial charge in [0.05, 0.1) is 6.10 Å². The fourth-order valence-corrected chi connectivity index (χ4v) is 2.24. The van der Waals surface area contributed by atoms with Crippen LogP contribution in [0.3, 0.4) is 0 Å². The van der Waals surface area contributed by atoms with Gasteiger partial charge < -0.3 is 5.11 Å². The molecule has 0 saturated carbocycles. The maximum absolute atomic E-state index is 9.83. The van der Waals surface area contributed by atoms with Crippen LogP contribution >= 0.6 is 11.3 Å². The SMILES string of the molecule is CCCC(C)C(O)Cc1cccs1. The van der Waals surface area contributed by atoms with Crippen LogP contribution in [-0.4, -0.2) is 11.2 Å². The molecule has 0 aromatic carbocycles. The average molecular weight is 198 g/mol. The summed E-state index contributed by atoms with van der Waals surface area (Å²) in [5.41, 5.74) is 0. The summed E-state index contributed by atoms with van der Waals surface area (Å²) in [5.74, 6) is 0.423. The van der Waals surface area contributed by atoms with Crippen molar-refractivity contribution in [2.24, 2.45) is 5.92 Å². The molecule has 2 atom stereocenters. The molecular formula is C11H18OS. The summed E-state index contributed by atoms with van der Waals surface area (Å²) in [6.07, 6.45) is 2.92. The van der Waals surface area contributed by atoms with Crippen molar-refractivity contribution in [3.8, 4) is 0 Å². The second kappa shape index (κ2) is 5.40. The van der Waals surface area contributed by atoms with Gasteiger partial charge in [0.25, 0.3) is 0 Å². The quantitative estimate of drug-likeness (QED) is 0.771. The van der Waals surface area contributed by atoms with Gasteiger partial charge in [0.2, 0.25) is 0 Å². The molecule has 13 heavy (non-hydrogen) atoms. The van der Waals surface area contributed by atoms with E-state index in [1.165, 1.54) is 4.88 Å². The van der Waals surface area contributed by atoms with Gasteiger partial charge in [-0.3, -0.25) is 0 Å². The minimum atomic E-state index is -0.168. The number of rotatable bonds is 5. The van der Waals surface area contributed by atoms with Gasteiger partial charge in [-0.2, -0.15) is 0 Å². The van der Waals surface area contributed by atoms with Gasteiger partial charge in [-0.25, -0.2) is 0 Å². The number of aliphatic hydroxyl groups excluding tert-OH is 1. The van der Waals surface area contributed by atoms with Crippen molar-refractivity contribution < 1.29 is 5.11 Å². The molecule has 0 fully saturated rings. The molecule has 0 amide bonds. The summed E-state index contributed by atoms with van der Waals surface area (Å²) < 4.78 is 0. The van der Waals surface area contributed by atoms with E-state index in [4.69, 9.17) is 0 Å². The third-order valence-corrected chi connectivity index (χ3v) is 3.29. The molecule has 1 aromatic rings. The van der Waals surface area contributed by atoms with Crippen LogP contribution in [0.2, 0.25) is 0 Å². The first-order chi connectivity index (χ1) is 6.24. The second-order valence-corrected chi connectivity index (χ2v) is 4.65. The lowest BCUT2D eigenvalue weighted by Crippen LogP contribution is -2.19. The molecule has 1 N–H and O–H groups in total. The highest BCUT2D eigenvalue weighted by atomic mass is 32.1. The zero-order valence-electron chi connectivity index (χ0n) is 8.36. The van der Waals surface area contributed by atoms with Gasteiger partial charge in [-0.05, 0) is 23.8 Å². The van der Waals surface area contributed by atoms with Crippen LogP contribution in [0.5, 0.6) is 0 Å². The minimum absolute atomic E-state index is 0.168. The molecule has 2 unspecified atom stereocenters. The lowest BCUT2D eigenvalue weighted by Gasteiger charge is -2.17. The van der Waals surface area contributed by atoms with Crippen LogP contribution in [-0.2, 0) is 6.42 Å². The summed E-state index contributed by atoms with van der Waals surface area (Å²) in [6.45, 7) is 4.29. The number of aliphatic hydroxyl groups is 1. The molecule has 0 aliphatic rings. The summed E-state index contributed by atoms with van der Waals surface area (Å²) in [6, 6.07) is 4.13. The van der Waals surface area contributed by atoms with Gasteiger partial charge in [0, 0.05) is 11.3 Å². The van der Waals surface area contributed by atoms with Crippen LogP contribution in [0.15, 0.2) is 17.5 Å². The molecule has 1 rings (SSSR count). The third kappa shape index (κ3) is 3.49. The molecule has 0 aliphatic carbocycles. The van der Waals surface area contributed by atoms with Crippen molar-refractivity contribution >= 4 is 11.3 Å². The normalized spacial score (nSPS) is 15.6. The van der Waals surface area contributed by atoms with E-state index in [1.54, 1.807) is 11.3 Å². The predicted molar refractivity (Wildman–Crippen MR) is 58.1 cm³/mol. The molecule has 74 valence electrons. The van der Waals surface area contributed by atoms with E-state index in [-0.39, 0.29) is 6.10 Å². The lowest BCUT2D eigenvalue weighted by atomic mass is 9.97. The van der Waals surface area contributed by atoms with Crippen LogP contribution in [0, 0.1) is 5.92 Å². The Labute approximate surface area is 84.4 Å². The van der Waals surface area contributed by atoms with E-state index in [9.17, 15) is 5.11 Å². The zero-order valence-corrected chi connectivity index (χ0v) is 9.18. The molecule has 1 aromatic heterocycles. The molecule has 0 saturated heterocycles. The second-order valence-electron chi connectivity index (χ2n) is 3.62. The number of hydrogen-bond donors (Lipinski definition) is 1. The van der Waals surface area contributed by atoms with Crippen molar-refractivity contribution in [3.63, 3.8) is 0 Å². The van der Waals surface area contributed by atoms with Gasteiger partial charge in [0.15, 0.2) is 0 Å². The van der Waals surface area contributed by atoms with E-state index < -0.39 is 0 Å². The van der Waals surface area contributed by atoms with Crippen molar-refractivity contribution in [2.45, 2.75) is 39.2 Å². The molecular weight excluding hydrogens is 180 g/mol. The molecule has 2 heteroatoms. The predicted octanol–water partition coefficient (Wildman–Crippen LogP) is 3.09. The first-order valence-electron chi connectivity index (χ1n) is 4.94. The monoisotopic (exact) mass is 198 g/mol. The Hall–Kier alpha value is -0.340. The van der Waals surface area contributed by atoms with Gasteiger partial charge >= 0.3 is 0 Å². The fourth-order valence-electron chi connectivity index (χ4n) is 1.48. The van der Waals surface area contributed by atoms with E-state index in [2.05, 4.69) is 25.3 Å². The smallest absolute Gasteiger partial charge is 0.0613 e. The molecule has 0 radical (unpaired) electrons. The van der Waals surface area contributed by atoms with Gasteiger partial charge in [-0.1, -0.05) is 26.3 Å². The topological polar surface area (TPSA) is 20.2 Å². The Morgan fingerprint density at radius 1 is 1.54 bits per heavy atom. The fraction of sp³-hybridized carbons (Fsp3) is 0.636. The first-order valence-corrected chi connectivity index (χ1v) is 5.82. The summed E-state index contributed by atoms with van der Waals surface area (Å²) in [4.78, 5) is 1.29. The van der Waals surface area contributed by atoms with Crippen LogP contribution in [0.4, 0.5) is 0 Å². The number of hydrogen-bond acceptors (Lipinski definition) is 2. The highest BCUT2D eigenvalue weighted by molar-refractivity contribution is 7.09. The average Bonchev–Trinajstić information content (AvgIpc) is 2.57. The van der Waals surface area contributed by atoms with Crippen LogP contribution < -0.4 is 0 Å². The van der Waals surface area contributed by atoms with E-state index in [1.807, 2.05) is 6.07 Å². The Bertz CT molecular complexity index is 218. The third-order valence-electron chi connectivity index (χ3n) is 2.39. The largest absolute Gasteiger partial charge is 0.392 e. The van der Waals surface area contributed by atoms with Crippen LogP contribution in [0.1, 0.15) is 31.6 Å². The van der Waals surface area contributed by atoms with E-state index in [0.29, 0.717) is 5.92 Å². The Morgan fingerprint density at radius 2 is 2.31 bits per heavy atom. The lowest BCUT2D eigenvalue weighted by molar-refractivity contribution is 0.112. The summed E-state index contributed by atoms with van der Waals surface area (Å²) >= 11 is 1.73. The molecule has 0 spiro atoms. The van der Waals surface area contributed by atoms with Crippen LogP contribution in [0.25, 0.3) is 0 Å². The molecule has 1 nitrogen and oxygen atoms in total. The number of thiophene rings is 1. The maximum atomic E-state index is 9.83. The highest BCUT2D eigenvalue weighted by Gasteiger charge is 2.13. The molecule has 0 aliphatic heterocycles. The van der Waals surface area contributed by atoms with E-state index in [0.717, 1.165) is 19.3 Å². The first kappa shape index (κ1) is 10.7. The molecule has 0 bridgehead atoms. The minimum Gasteiger partial charge on any atom is -0.392 e. The van der Waals surface area contributed by atoms with Gasteiger partial charge in [-0.15, -0.1) is 11.3 Å². The highest BCUT2D eigenvalue weighted by Crippen LogP contribution is 2.17. The van der Waals surface area contributed by atoms with Crippen molar-refractivity contribution in [1.29, 1.82) is 0 Å². The van der Waals surface area contributed by atoms with Crippen molar-refractivity contribution in [2.75, 3.05) is 0 Å². The standard InChI is InChI=1S/C11H18OS/c1-3-5-9(2)11(12)8-10-6-4-7-13-10/h4,6-7,9,11-12H,3,5,8H2,1-2H3. The Kier molecular flexibility index (Phi) is 4.46. The van der Waals surface area contributed by atoms with Crippen molar-refractivity contribution in [1.82, 2.24) is 0 Å².